The summed E-state index contributed by atoms with van der Waals surface area (Å²) in [5.41, 5.74) is -0.521. The van der Waals surface area contributed by atoms with Crippen LogP contribution >= 0.6 is 0 Å². The van der Waals surface area contributed by atoms with Gasteiger partial charge in [-0.05, 0) is 58.9 Å². The molecule has 2 unspecified atom stereocenters. The number of hydrogen-bond acceptors (Lipinski definition) is 4. The number of ether oxygens (including phenoxy) is 1. The highest BCUT2D eigenvalue weighted by Gasteiger charge is 2.40. The van der Waals surface area contributed by atoms with Gasteiger partial charge in [0.2, 0.25) is 0 Å². The van der Waals surface area contributed by atoms with Gasteiger partial charge in [-0.2, -0.15) is 0 Å². The Morgan fingerprint density at radius 3 is 2.67 bits per heavy atom. The molecule has 4 nitrogen and oxygen atoms in total. The second-order valence-corrected chi connectivity index (χ2v) is 6.82. The van der Waals surface area contributed by atoms with Crippen LogP contribution in [0.3, 0.4) is 0 Å². The molecule has 0 spiro atoms. The van der Waals surface area contributed by atoms with Crippen molar-refractivity contribution in [2.75, 3.05) is 19.7 Å². The van der Waals surface area contributed by atoms with Crippen LogP contribution in [0.1, 0.15) is 65.7 Å². The van der Waals surface area contributed by atoms with Gasteiger partial charge in [-0.1, -0.05) is 13.3 Å². The first-order chi connectivity index (χ1) is 10.1. The third-order valence-corrected chi connectivity index (χ3v) is 4.95. The molecule has 2 aliphatic rings. The number of hydrogen-bond donors (Lipinski definition) is 1. The molecule has 0 aromatic rings. The van der Waals surface area contributed by atoms with Gasteiger partial charge in [0.05, 0.1) is 6.61 Å². The van der Waals surface area contributed by atoms with Crippen LogP contribution in [0.15, 0.2) is 0 Å². The van der Waals surface area contributed by atoms with Crippen LogP contribution in [0.25, 0.3) is 0 Å². The Kier molecular flexibility index (Phi) is 6.06. The third-order valence-electron chi connectivity index (χ3n) is 4.95. The van der Waals surface area contributed by atoms with E-state index in [1.54, 1.807) is 0 Å². The van der Waals surface area contributed by atoms with Crippen molar-refractivity contribution in [1.29, 1.82) is 0 Å². The van der Waals surface area contributed by atoms with Crippen LogP contribution in [0.5, 0.6) is 0 Å². The average molecular weight is 296 g/mol. The first-order valence-electron chi connectivity index (χ1n) is 8.78. The Balaban J connectivity index is 1.92. The molecule has 1 saturated carbocycles. The number of carbonyl (C=O) groups excluding carboxylic acids is 1. The Hall–Kier alpha value is -0.610. The van der Waals surface area contributed by atoms with Crippen LogP contribution in [-0.4, -0.2) is 48.2 Å². The Labute approximate surface area is 129 Å². The zero-order valence-electron chi connectivity index (χ0n) is 14.0. The summed E-state index contributed by atoms with van der Waals surface area (Å²) in [6.45, 7) is 8.81. The van der Waals surface area contributed by atoms with Crippen LogP contribution < -0.4 is 5.32 Å². The molecule has 1 aliphatic heterocycles. The van der Waals surface area contributed by atoms with Crippen LogP contribution in [0.2, 0.25) is 0 Å². The maximum Gasteiger partial charge on any atom is 0.326 e. The molecule has 1 heterocycles. The van der Waals surface area contributed by atoms with Crippen molar-refractivity contribution in [2.24, 2.45) is 0 Å². The average Bonchev–Trinajstić information content (AvgIpc) is 3.29. The summed E-state index contributed by atoms with van der Waals surface area (Å²) in [7, 11) is 0. The number of rotatable bonds is 8. The Morgan fingerprint density at radius 2 is 2.05 bits per heavy atom. The molecule has 1 N–H and O–H groups in total. The van der Waals surface area contributed by atoms with E-state index >= 15 is 0 Å². The molecule has 4 heteroatoms. The van der Waals surface area contributed by atoms with E-state index in [0.717, 1.165) is 13.0 Å². The monoisotopic (exact) mass is 296 g/mol. The maximum atomic E-state index is 12.3. The van der Waals surface area contributed by atoms with Crippen molar-refractivity contribution in [1.82, 2.24) is 10.2 Å². The number of esters is 1. The molecule has 0 radical (unpaired) electrons. The summed E-state index contributed by atoms with van der Waals surface area (Å²) >= 11 is 0. The van der Waals surface area contributed by atoms with Crippen LogP contribution in [-0.2, 0) is 9.53 Å². The second-order valence-electron chi connectivity index (χ2n) is 6.82. The molecule has 2 atom stereocenters. The molecule has 21 heavy (non-hydrogen) atoms. The number of carbonyl (C=O) groups is 1. The zero-order chi connectivity index (χ0) is 15.3. The van der Waals surface area contributed by atoms with Gasteiger partial charge in [0, 0.05) is 18.6 Å². The van der Waals surface area contributed by atoms with E-state index in [-0.39, 0.29) is 5.97 Å². The van der Waals surface area contributed by atoms with Crippen molar-refractivity contribution in [3.63, 3.8) is 0 Å². The summed E-state index contributed by atoms with van der Waals surface area (Å²) < 4.78 is 5.31. The predicted octanol–water partition coefficient (Wildman–Crippen LogP) is 2.71. The van der Waals surface area contributed by atoms with E-state index in [1.165, 1.54) is 45.1 Å². The minimum atomic E-state index is -0.521. The fourth-order valence-corrected chi connectivity index (χ4v) is 3.39. The normalized spacial score (nSPS) is 26.3. The van der Waals surface area contributed by atoms with Gasteiger partial charge in [-0.3, -0.25) is 10.1 Å². The highest BCUT2D eigenvalue weighted by atomic mass is 16.5. The van der Waals surface area contributed by atoms with Gasteiger partial charge in [-0.25, -0.2) is 0 Å². The second kappa shape index (κ2) is 7.59. The summed E-state index contributed by atoms with van der Waals surface area (Å²) in [4.78, 5) is 14.9. The predicted molar refractivity (Wildman–Crippen MR) is 85.3 cm³/mol. The summed E-state index contributed by atoms with van der Waals surface area (Å²) in [6, 6.07) is 1.22. The summed E-state index contributed by atoms with van der Waals surface area (Å²) in [5.74, 6) is -0.0815. The van der Waals surface area contributed by atoms with Crippen LogP contribution in [0, 0.1) is 0 Å². The molecular weight excluding hydrogens is 264 g/mol. The molecule has 1 aliphatic carbocycles. The van der Waals surface area contributed by atoms with Crippen molar-refractivity contribution >= 4 is 5.97 Å². The SMILES string of the molecule is CCOC(=O)C(C)(CCN1CCCCC1CC)NC1CC1. The molecule has 2 rings (SSSR count). The van der Waals surface area contributed by atoms with Gasteiger partial charge in [0.25, 0.3) is 0 Å². The molecule has 0 amide bonds. The summed E-state index contributed by atoms with van der Waals surface area (Å²) in [5, 5.41) is 3.52. The van der Waals surface area contributed by atoms with E-state index in [4.69, 9.17) is 4.74 Å². The van der Waals surface area contributed by atoms with Gasteiger partial charge >= 0.3 is 5.97 Å². The number of nitrogens with zero attached hydrogens (tertiary/aromatic N) is 1. The van der Waals surface area contributed by atoms with E-state index in [0.29, 0.717) is 18.7 Å². The van der Waals surface area contributed by atoms with Crippen molar-refractivity contribution in [3.8, 4) is 0 Å². The highest BCUT2D eigenvalue weighted by molar-refractivity contribution is 5.80. The van der Waals surface area contributed by atoms with Crippen molar-refractivity contribution < 1.29 is 9.53 Å². The quantitative estimate of drug-likeness (QED) is 0.699. The lowest BCUT2D eigenvalue weighted by atomic mass is 9.94. The van der Waals surface area contributed by atoms with Crippen molar-refractivity contribution in [2.45, 2.75) is 83.3 Å². The highest BCUT2D eigenvalue weighted by Crippen LogP contribution is 2.26. The minimum absolute atomic E-state index is 0.0815. The molecule has 0 aromatic heterocycles. The standard InChI is InChI=1S/C17H32N2O2/c1-4-15-8-6-7-12-19(15)13-11-17(3,16(20)21-5-2)18-14-9-10-14/h14-15,18H,4-13H2,1-3H3. The zero-order valence-corrected chi connectivity index (χ0v) is 14.0. The molecule has 1 saturated heterocycles. The fourth-order valence-electron chi connectivity index (χ4n) is 3.39. The van der Waals surface area contributed by atoms with E-state index in [9.17, 15) is 4.79 Å². The molecule has 122 valence electrons. The molecule has 0 bridgehead atoms. The number of piperidine rings is 1. The van der Waals surface area contributed by atoms with E-state index in [2.05, 4.69) is 17.1 Å². The molecule has 0 aromatic carbocycles. The molecule has 2 fully saturated rings. The lowest BCUT2D eigenvalue weighted by Gasteiger charge is -2.38. The lowest BCUT2D eigenvalue weighted by Crippen LogP contribution is -2.54. The molecular formula is C17H32N2O2. The number of likely N-dealkylation sites (tertiary alicyclic amines) is 1. The van der Waals surface area contributed by atoms with Crippen molar-refractivity contribution in [3.05, 3.63) is 0 Å². The number of nitrogens with one attached hydrogen (secondary N) is 1. The third kappa shape index (κ3) is 4.68. The first kappa shape index (κ1) is 16.8. The topological polar surface area (TPSA) is 41.6 Å². The van der Waals surface area contributed by atoms with E-state index < -0.39 is 5.54 Å². The summed E-state index contributed by atoms with van der Waals surface area (Å²) in [6.07, 6.45) is 8.40. The van der Waals surface area contributed by atoms with E-state index in [1.807, 2.05) is 13.8 Å². The lowest BCUT2D eigenvalue weighted by molar-refractivity contribution is -0.151. The van der Waals surface area contributed by atoms with Gasteiger partial charge < -0.3 is 9.64 Å². The Morgan fingerprint density at radius 1 is 1.29 bits per heavy atom. The minimum Gasteiger partial charge on any atom is -0.465 e. The van der Waals surface area contributed by atoms with Gasteiger partial charge in [0.15, 0.2) is 0 Å². The first-order valence-corrected chi connectivity index (χ1v) is 8.78. The smallest absolute Gasteiger partial charge is 0.326 e. The van der Waals surface area contributed by atoms with Gasteiger partial charge in [0.1, 0.15) is 5.54 Å². The Bertz CT molecular complexity index is 344. The van der Waals surface area contributed by atoms with Gasteiger partial charge in [-0.15, -0.1) is 0 Å². The maximum absolute atomic E-state index is 12.3. The van der Waals surface area contributed by atoms with Crippen LogP contribution in [0.4, 0.5) is 0 Å². The fraction of sp³-hybridized carbons (Fsp3) is 0.941. The largest absolute Gasteiger partial charge is 0.465 e.